The molecule has 0 unspecified atom stereocenters. The van der Waals surface area contributed by atoms with E-state index < -0.39 is 39.7 Å². The van der Waals surface area contributed by atoms with Crippen LogP contribution in [0.2, 0.25) is 5.15 Å². The number of hydrogen-bond donors (Lipinski definition) is 1. The van der Waals surface area contributed by atoms with Gasteiger partial charge in [-0.1, -0.05) is 11.6 Å². The lowest BCUT2D eigenvalue weighted by Gasteiger charge is -2.18. The Balaban J connectivity index is 1.45. The molecule has 36 heavy (non-hydrogen) atoms. The van der Waals surface area contributed by atoms with Gasteiger partial charge >= 0.3 is 6.18 Å². The van der Waals surface area contributed by atoms with Gasteiger partial charge in [-0.3, -0.25) is 9.48 Å². The van der Waals surface area contributed by atoms with Gasteiger partial charge < -0.3 is 4.74 Å². The van der Waals surface area contributed by atoms with Crippen molar-refractivity contribution >= 4 is 27.5 Å². The van der Waals surface area contributed by atoms with Gasteiger partial charge in [0.2, 0.25) is 5.88 Å². The van der Waals surface area contributed by atoms with Gasteiger partial charge in [0, 0.05) is 18.5 Å². The number of carbonyl (C=O) groups is 1. The fourth-order valence-corrected chi connectivity index (χ4v) is 4.29. The van der Waals surface area contributed by atoms with Crippen molar-refractivity contribution in [1.82, 2.24) is 29.3 Å². The van der Waals surface area contributed by atoms with Crippen LogP contribution in [0.5, 0.6) is 5.88 Å². The molecule has 0 atom stereocenters. The minimum Gasteiger partial charge on any atom is -0.476 e. The van der Waals surface area contributed by atoms with E-state index in [9.17, 15) is 26.4 Å². The molecule has 15 heteroatoms. The average Bonchev–Trinajstić information content (AvgIpc) is 3.18. The minimum absolute atomic E-state index is 0.00650. The molecule has 0 bridgehead atoms. The van der Waals surface area contributed by atoms with Crippen LogP contribution in [0.15, 0.2) is 41.7 Å². The standard InChI is InChI=1S/C21H22ClF3N6O4S/c1-19(2,3)31-11-13(10-26-31)36(33,34)29-18(32)14-4-5-15(27-17(14)22)30-9-6-16(28-30)35-12-20(7-8-20)21(23,24)25/h4-6,9-11H,7-8,12H2,1-3H3,(H,29,32). The molecule has 1 saturated carbocycles. The summed E-state index contributed by atoms with van der Waals surface area (Å²) in [6.07, 6.45) is -0.504. The Bertz CT molecular complexity index is 1410. The van der Waals surface area contributed by atoms with Crippen molar-refractivity contribution < 1.29 is 31.1 Å². The van der Waals surface area contributed by atoms with Crippen LogP contribution in [0.1, 0.15) is 44.0 Å². The van der Waals surface area contributed by atoms with E-state index in [-0.39, 0.29) is 40.2 Å². The van der Waals surface area contributed by atoms with Crippen molar-refractivity contribution in [3.05, 3.63) is 47.5 Å². The molecule has 1 fully saturated rings. The highest BCUT2D eigenvalue weighted by molar-refractivity contribution is 7.90. The summed E-state index contributed by atoms with van der Waals surface area (Å²) in [6, 6.07) is 3.96. The van der Waals surface area contributed by atoms with Crippen molar-refractivity contribution in [2.45, 2.75) is 50.2 Å². The molecule has 0 aliphatic heterocycles. The summed E-state index contributed by atoms with van der Waals surface area (Å²) in [5.74, 6) is -0.904. The second kappa shape index (κ2) is 8.76. The molecule has 0 saturated heterocycles. The number of aromatic nitrogens is 5. The summed E-state index contributed by atoms with van der Waals surface area (Å²) < 4.78 is 74.2. The zero-order valence-electron chi connectivity index (χ0n) is 19.4. The average molecular weight is 547 g/mol. The first kappa shape index (κ1) is 25.9. The maximum Gasteiger partial charge on any atom is 0.397 e. The van der Waals surface area contributed by atoms with E-state index >= 15 is 0 Å². The van der Waals surface area contributed by atoms with Crippen LogP contribution in [0.4, 0.5) is 13.2 Å². The van der Waals surface area contributed by atoms with Gasteiger partial charge in [0.15, 0.2) is 5.82 Å². The summed E-state index contributed by atoms with van der Waals surface area (Å²) in [7, 11) is -4.23. The first-order chi connectivity index (χ1) is 16.6. The van der Waals surface area contributed by atoms with E-state index in [4.69, 9.17) is 16.3 Å². The van der Waals surface area contributed by atoms with E-state index in [2.05, 4.69) is 15.2 Å². The van der Waals surface area contributed by atoms with E-state index in [1.165, 1.54) is 40.0 Å². The molecule has 1 N–H and O–H groups in total. The smallest absolute Gasteiger partial charge is 0.397 e. The van der Waals surface area contributed by atoms with Gasteiger partial charge in [0.25, 0.3) is 15.9 Å². The fraction of sp³-hybridized carbons (Fsp3) is 0.429. The quantitative estimate of drug-likeness (QED) is 0.448. The topological polar surface area (TPSA) is 121 Å². The summed E-state index contributed by atoms with van der Waals surface area (Å²) in [5, 5.41) is 7.74. The van der Waals surface area contributed by atoms with E-state index in [0.29, 0.717) is 0 Å². The maximum atomic E-state index is 13.1. The van der Waals surface area contributed by atoms with Gasteiger partial charge in [-0.2, -0.15) is 18.3 Å². The second-order valence-electron chi connectivity index (χ2n) is 9.40. The number of halogens is 4. The number of rotatable bonds is 7. The van der Waals surface area contributed by atoms with Gasteiger partial charge in [0.1, 0.15) is 22.1 Å². The van der Waals surface area contributed by atoms with Gasteiger partial charge in [0.05, 0.1) is 17.3 Å². The SMILES string of the molecule is CC(C)(C)n1cc(S(=O)(=O)NC(=O)c2ccc(-n3ccc(OCC4(C(F)(F)F)CC4)n3)nc2Cl)cn1. The van der Waals surface area contributed by atoms with E-state index in [1.807, 2.05) is 25.5 Å². The summed E-state index contributed by atoms with van der Waals surface area (Å²) >= 11 is 6.12. The lowest BCUT2D eigenvalue weighted by atomic mass is 10.1. The minimum atomic E-state index is -4.35. The number of ether oxygens (including phenoxy) is 1. The van der Waals surface area contributed by atoms with Crippen LogP contribution in [-0.4, -0.2) is 51.7 Å². The number of pyridine rings is 1. The highest BCUT2D eigenvalue weighted by Gasteiger charge is 2.64. The molecule has 1 aliphatic carbocycles. The lowest BCUT2D eigenvalue weighted by Crippen LogP contribution is -2.31. The third-order valence-electron chi connectivity index (χ3n) is 5.61. The molecule has 0 aromatic carbocycles. The molecule has 1 amide bonds. The molecule has 4 rings (SSSR count). The Morgan fingerprint density at radius 3 is 2.47 bits per heavy atom. The number of amides is 1. The van der Waals surface area contributed by atoms with Crippen LogP contribution < -0.4 is 9.46 Å². The number of nitrogens with zero attached hydrogens (tertiary/aromatic N) is 5. The van der Waals surface area contributed by atoms with Crippen molar-refractivity contribution in [2.75, 3.05) is 6.61 Å². The Morgan fingerprint density at radius 2 is 1.92 bits per heavy atom. The largest absolute Gasteiger partial charge is 0.476 e. The number of carbonyl (C=O) groups excluding carboxylic acids is 1. The van der Waals surface area contributed by atoms with Crippen LogP contribution in [-0.2, 0) is 15.6 Å². The van der Waals surface area contributed by atoms with Gasteiger partial charge in [-0.15, -0.1) is 5.10 Å². The first-order valence-corrected chi connectivity index (χ1v) is 12.5. The van der Waals surface area contributed by atoms with E-state index in [1.54, 1.807) is 0 Å². The Morgan fingerprint density at radius 1 is 1.22 bits per heavy atom. The molecule has 3 aromatic heterocycles. The van der Waals surface area contributed by atoms with Crippen LogP contribution in [0, 0.1) is 5.41 Å². The summed E-state index contributed by atoms with van der Waals surface area (Å²) in [6.45, 7) is 4.97. The Kier molecular flexibility index (Phi) is 6.32. The van der Waals surface area contributed by atoms with Crippen molar-refractivity contribution in [3.63, 3.8) is 0 Å². The third-order valence-corrected chi connectivity index (χ3v) is 7.19. The zero-order chi connectivity index (χ0) is 26.5. The molecule has 1 aliphatic rings. The van der Waals surface area contributed by atoms with Gasteiger partial charge in [-0.25, -0.2) is 22.8 Å². The molecular formula is C21H22ClF3N6O4S. The number of sulfonamides is 1. The number of nitrogens with one attached hydrogen (secondary N) is 1. The van der Waals surface area contributed by atoms with Crippen molar-refractivity contribution in [2.24, 2.45) is 5.41 Å². The number of hydrogen-bond acceptors (Lipinski definition) is 7. The van der Waals surface area contributed by atoms with Gasteiger partial charge in [-0.05, 0) is 45.7 Å². The molecular weight excluding hydrogens is 525 g/mol. The molecule has 3 aromatic rings. The predicted octanol–water partition coefficient (Wildman–Crippen LogP) is 3.71. The lowest BCUT2D eigenvalue weighted by molar-refractivity contribution is -0.194. The molecule has 0 spiro atoms. The summed E-state index contributed by atoms with van der Waals surface area (Å²) in [5.41, 5.74) is -2.51. The Hall–Kier alpha value is -3.13. The summed E-state index contributed by atoms with van der Waals surface area (Å²) in [4.78, 5) is 16.4. The first-order valence-electron chi connectivity index (χ1n) is 10.7. The number of alkyl halides is 3. The highest BCUT2D eigenvalue weighted by Crippen LogP contribution is 2.57. The fourth-order valence-electron chi connectivity index (χ4n) is 3.15. The highest BCUT2D eigenvalue weighted by atomic mass is 35.5. The monoisotopic (exact) mass is 546 g/mol. The molecule has 3 heterocycles. The van der Waals surface area contributed by atoms with E-state index in [0.717, 1.165) is 6.20 Å². The second-order valence-corrected chi connectivity index (χ2v) is 11.4. The van der Waals surface area contributed by atoms with Crippen molar-refractivity contribution in [1.29, 1.82) is 0 Å². The normalized spacial score (nSPS) is 15.5. The molecule has 194 valence electrons. The van der Waals surface area contributed by atoms with Crippen molar-refractivity contribution in [3.8, 4) is 11.7 Å². The Labute approximate surface area is 209 Å². The van der Waals surface area contributed by atoms with Crippen LogP contribution in [0.25, 0.3) is 5.82 Å². The zero-order valence-corrected chi connectivity index (χ0v) is 20.9. The van der Waals surface area contributed by atoms with Crippen LogP contribution >= 0.6 is 11.6 Å². The third kappa shape index (κ3) is 5.19. The predicted molar refractivity (Wildman–Crippen MR) is 121 cm³/mol. The molecule has 0 radical (unpaired) electrons. The molecule has 10 nitrogen and oxygen atoms in total. The van der Waals surface area contributed by atoms with Crippen LogP contribution in [0.3, 0.4) is 0 Å². The maximum absolute atomic E-state index is 13.1.